The molecule has 1 aromatic heterocycles. The van der Waals surface area contributed by atoms with Gasteiger partial charge in [-0.3, -0.25) is 9.48 Å². The highest BCUT2D eigenvalue weighted by Gasteiger charge is 2.11. The highest BCUT2D eigenvalue weighted by Crippen LogP contribution is 2.23. The summed E-state index contributed by atoms with van der Waals surface area (Å²) < 4.78 is 1.66. The molecule has 124 valence electrons. The fourth-order valence-electron chi connectivity index (χ4n) is 2.50. The maximum absolute atomic E-state index is 12.5. The van der Waals surface area contributed by atoms with Crippen LogP contribution in [0.5, 0.6) is 0 Å². The Bertz CT molecular complexity index is 979. The zero-order valence-corrected chi connectivity index (χ0v) is 14.1. The van der Waals surface area contributed by atoms with Crippen LogP contribution < -0.4 is 5.32 Å². The number of carbonyl (C=O) groups excluding carboxylic acids is 1. The van der Waals surface area contributed by atoms with Crippen molar-refractivity contribution in [1.82, 2.24) is 9.78 Å². The van der Waals surface area contributed by atoms with E-state index in [1.807, 2.05) is 48.5 Å². The van der Waals surface area contributed by atoms with E-state index >= 15 is 0 Å². The lowest BCUT2D eigenvalue weighted by Crippen LogP contribution is -2.13. The number of fused-ring (bicyclic) bond motifs is 1. The van der Waals surface area contributed by atoms with Gasteiger partial charge in [-0.2, -0.15) is 10.4 Å². The van der Waals surface area contributed by atoms with Crippen LogP contribution in [0.2, 0.25) is 0 Å². The van der Waals surface area contributed by atoms with Crippen molar-refractivity contribution in [2.24, 2.45) is 0 Å². The van der Waals surface area contributed by atoms with E-state index in [0.717, 1.165) is 10.8 Å². The molecule has 0 radical (unpaired) electrons. The number of hydrogen-bond acceptors (Lipinski definition) is 3. The Kier molecular flexibility index (Phi) is 5.12. The van der Waals surface area contributed by atoms with Gasteiger partial charge in [0, 0.05) is 28.7 Å². The third-order valence-electron chi connectivity index (χ3n) is 3.68. The summed E-state index contributed by atoms with van der Waals surface area (Å²) in [4.78, 5) is 12.5. The Balaban J connectivity index is 1.84. The van der Waals surface area contributed by atoms with Gasteiger partial charge >= 0.3 is 0 Å². The molecule has 25 heavy (non-hydrogen) atoms. The first-order valence-electron chi connectivity index (χ1n) is 7.70. The Morgan fingerprint density at radius 3 is 2.88 bits per heavy atom. The van der Waals surface area contributed by atoms with Gasteiger partial charge in [0.05, 0.1) is 12.7 Å². The van der Waals surface area contributed by atoms with Crippen molar-refractivity contribution in [1.29, 1.82) is 5.26 Å². The molecule has 0 aliphatic rings. The Hall–Kier alpha value is -3.10. The second kappa shape index (κ2) is 7.65. The number of halogens is 1. The van der Waals surface area contributed by atoms with Crippen molar-refractivity contribution in [3.05, 3.63) is 66.0 Å². The molecule has 0 bridgehead atoms. The topological polar surface area (TPSA) is 70.7 Å². The third-order valence-corrected chi connectivity index (χ3v) is 3.85. The van der Waals surface area contributed by atoms with E-state index in [9.17, 15) is 10.1 Å². The van der Waals surface area contributed by atoms with Crippen molar-refractivity contribution in [3.8, 4) is 6.07 Å². The molecule has 1 heterocycles. The SMILES string of the molecule is N#C/C(=C/c1cnn(CCCl)c1)C(=O)Nc1cccc2ccccc12. The summed E-state index contributed by atoms with van der Waals surface area (Å²) >= 11 is 5.67. The number of amides is 1. The van der Waals surface area contributed by atoms with Crippen LogP contribution in [0, 0.1) is 11.3 Å². The van der Waals surface area contributed by atoms with Crippen LogP contribution in [0.25, 0.3) is 16.8 Å². The number of nitriles is 1. The third kappa shape index (κ3) is 3.87. The van der Waals surface area contributed by atoms with E-state index in [1.165, 1.54) is 6.08 Å². The molecule has 0 aliphatic carbocycles. The lowest BCUT2D eigenvalue weighted by Gasteiger charge is -2.08. The van der Waals surface area contributed by atoms with E-state index in [4.69, 9.17) is 11.6 Å². The van der Waals surface area contributed by atoms with E-state index in [1.54, 1.807) is 17.1 Å². The predicted octanol–water partition coefficient (Wildman–Crippen LogP) is 3.82. The summed E-state index contributed by atoms with van der Waals surface area (Å²) in [5, 5.41) is 18.2. The summed E-state index contributed by atoms with van der Waals surface area (Å²) in [5.41, 5.74) is 1.36. The Labute approximate surface area is 150 Å². The van der Waals surface area contributed by atoms with Crippen molar-refractivity contribution < 1.29 is 4.79 Å². The Morgan fingerprint density at radius 1 is 1.28 bits per heavy atom. The molecule has 1 N–H and O–H groups in total. The molecule has 6 heteroatoms. The zero-order valence-electron chi connectivity index (χ0n) is 13.3. The number of aryl methyl sites for hydroxylation is 1. The average molecular weight is 351 g/mol. The molecule has 0 saturated heterocycles. The number of alkyl halides is 1. The van der Waals surface area contributed by atoms with Crippen LogP contribution in [-0.2, 0) is 11.3 Å². The van der Waals surface area contributed by atoms with Gasteiger partial charge in [0.1, 0.15) is 11.6 Å². The number of aromatic nitrogens is 2. The first kappa shape index (κ1) is 16.7. The van der Waals surface area contributed by atoms with E-state index in [2.05, 4.69) is 10.4 Å². The standard InChI is InChI=1S/C19H15ClN4O/c20-8-9-24-13-14(12-22-24)10-16(11-21)19(25)23-18-7-3-5-15-4-1-2-6-17(15)18/h1-7,10,12-13H,8-9H2,(H,23,25)/b16-10-. The lowest BCUT2D eigenvalue weighted by molar-refractivity contribution is -0.112. The molecule has 0 spiro atoms. The van der Waals surface area contributed by atoms with E-state index < -0.39 is 5.91 Å². The summed E-state index contributed by atoms with van der Waals surface area (Å²) in [6, 6.07) is 15.3. The molecule has 5 nitrogen and oxygen atoms in total. The summed E-state index contributed by atoms with van der Waals surface area (Å²) in [7, 11) is 0. The smallest absolute Gasteiger partial charge is 0.266 e. The van der Waals surface area contributed by atoms with Crippen LogP contribution >= 0.6 is 11.6 Å². The molecule has 3 rings (SSSR count). The monoisotopic (exact) mass is 350 g/mol. The van der Waals surface area contributed by atoms with Crippen molar-refractivity contribution in [2.45, 2.75) is 6.54 Å². The van der Waals surface area contributed by atoms with Crippen LogP contribution in [0.4, 0.5) is 5.69 Å². The van der Waals surface area contributed by atoms with Crippen molar-refractivity contribution in [2.75, 3.05) is 11.2 Å². The van der Waals surface area contributed by atoms with Crippen LogP contribution in [-0.4, -0.2) is 21.6 Å². The molecule has 3 aromatic rings. The number of carbonyl (C=O) groups is 1. The zero-order chi connectivity index (χ0) is 17.6. The van der Waals surface area contributed by atoms with Gasteiger partial charge in [-0.05, 0) is 17.5 Å². The van der Waals surface area contributed by atoms with Crippen molar-refractivity contribution in [3.63, 3.8) is 0 Å². The molecule has 1 amide bonds. The fourth-order valence-corrected chi connectivity index (χ4v) is 2.68. The maximum Gasteiger partial charge on any atom is 0.266 e. The molecular formula is C19H15ClN4O. The van der Waals surface area contributed by atoms with Gasteiger partial charge in [0.25, 0.3) is 5.91 Å². The number of anilines is 1. The second-order valence-electron chi connectivity index (χ2n) is 5.38. The largest absolute Gasteiger partial charge is 0.321 e. The summed E-state index contributed by atoms with van der Waals surface area (Å²) in [6.07, 6.45) is 4.85. The van der Waals surface area contributed by atoms with Gasteiger partial charge in [-0.1, -0.05) is 36.4 Å². The number of benzene rings is 2. The lowest BCUT2D eigenvalue weighted by atomic mass is 10.1. The highest BCUT2D eigenvalue weighted by atomic mass is 35.5. The molecule has 2 aromatic carbocycles. The molecular weight excluding hydrogens is 336 g/mol. The minimum atomic E-state index is -0.455. The van der Waals surface area contributed by atoms with Gasteiger partial charge in [-0.15, -0.1) is 11.6 Å². The van der Waals surface area contributed by atoms with E-state index in [0.29, 0.717) is 23.7 Å². The highest BCUT2D eigenvalue weighted by molar-refractivity contribution is 6.17. The first-order chi connectivity index (χ1) is 12.2. The molecule has 0 saturated carbocycles. The number of hydrogen-bond donors (Lipinski definition) is 1. The van der Waals surface area contributed by atoms with E-state index in [-0.39, 0.29) is 5.57 Å². The molecule has 0 fully saturated rings. The molecule has 0 unspecified atom stereocenters. The van der Waals surface area contributed by atoms with Crippen LogP contribution in [0.15, 0.2) is 60.4 Å². The van der Waals surface area contributed by atoms with Gasteiger partial charge in [0.2, 0.25) is 0 Å². The number of nitrogens with one attached hydrogen (secondary N) is 1. The Morgan fingerprint density at radius 2 is 2.08 bits per heavy atom. The fraction of sp³-hybridized carbons (Fsp3) is 0.105. The number of rotatable bonds is 5. The van der Waals surface area contributed by atoms with Crippen LogP contribution in [0.3, 0.4) is 0 Å². The summed E-state index contributed by atoms with van der Waals surface area (Å²) in [5.74, 6) is -0.0127. The van der Waals surface area contributed by atoms with Crippen LogP contribution in [0.1, 0.15) is 5.56 Å². The normalized spacial score (nSPS) is 11.3. The first-order valence-corrected chi connectivity index (χ1v) is 8.24. The van der Waals surface area contributed by atoms with Gasteiger partial charge in [0.15, 0.2) is 0 Å². The van der Waals surface area contributed by atoms with Gasteiger partial charge in [-0.25, -0.2) is 0 Å². The summed E-state index contributed by atoms with van der Waals surface area (Å²) in [6.45, 7) is 0.569. The minimum absolute atomic E-state index is 0.0124. The molecule has 0 aliphatic heterocycles. The maximum atomic E-state index is 12.5. The quantitative estimate of drug-likeness (QED) is 0.432. The predicted molar refractivity (Wildman–Crippen MR) is 99.1 cm³/mol. The molecule has 0 atom stereocenters. The number of nitrogens with zero attached hydrogens (tertiary/aromatic N) is 3. The van der Waals surface area contributed by atoms with Gasteiger partial charge < -0.3 is 5.32 Å². The minimum Gasteiger partial charge on any atom is -0.321 e. The van der Waals surface area contributed by atoms with Crippen molar-refractivity contribution >= 4 is 40.0 Å². The average Bonchev–Trinajstić information content (AvgIpc) is 3.07. The second-order valence-corrected chi connectivity index (χ2v) is 5.75.